The van der Waals surface area contributed by atoms with E-state index in [0.29, 0.717) is 11.8 Å². The Kier molecular flexibility index (Phi) is 4.68. The van der Waals surface area contributed by atoms with Crippen LogP contribution in [0.1, 0.15) is 15.7 Å². The topological polar surface area (TPSA) is 26.0 Å². The maximum Gasteiger partial charge on any atom is 0.0563 e. The molecule has 90 valence electrons. The normalized spacial score (nSPS) is 12.6. The van der Waals surface area contributed by atoms with Crippen LogP contribution < -0.4 is 5.73 Å². The van der Waals surface area contributed by atoms with Gasteiger partial charge in [-0.1, -0.05) is 22.0 Å². The van der Waals surface area contributed by atoms with Gasteiger partial charge in [-0.3, -0.25) is 0 Å². The van der Waals surface area contributed by atoms with Gasteiger partial charge in [-0.25, -0.2) is 0 Å². The number of hydrogen-bond acceptors (Lipinski definition) is 3. The summed E-state index contributed by atoms with van der Waals surface area (Å²) in [6, 6.07) is 10.5. The molecule has 0 fully saturated rings. The molecule has 2 N–H and O–H groups in total. The molecule has 1 heterocycles. The van der Waals surface area contributed by atoms with Gasteiger partial charge in [-0.05, 0) is 42.1 Å². The molecule has 0 bridgehead atoms. The fraction of sp³-hybridized carbons (Fsp3) is 0.231. The Morgan fingerprint density at radius 3 is 2.82 bits per heavy atom. The first-order valence-electron chi connectivity index (χ1n) is 5.37. The van der Waals surface area contributed by atoms with Crippen LogP contribution in [-0.4, -0.2) is 6.54 Å². The van der Waals surface area contributed by atoms with Crippen molar-refractivity contribution in [1.82, 2.24) is 0 Å². The molecule has 0 aliphatic heterocycles. The molecule has 1 unspecified atom stereocenters. The third kappa shape index (κ3) is 3.35. The van der Waals surface area contributed by atoms with Crippen LogP contribution in [0.3, 0.4) is 0 Å². The molecule has 0 amide bonds. The quantitative estimate of drug-likeness (QED) is 0.830. The van der Waals surface area contributed by atoms with E-state index in [1.165, 1.54) is 15.3 Å². The van der Waals surface area contributed by atoms with Gasteiger partial charge in [0.2, 0.25) is 0 Å². The van der Waals surface area contributed by atoms with Crippen LogP contribution >= 0.6 is 39.0 Å². The van der Waals surface area contributed by atoms with E-state index in [1.54, 1.807) is 11.3 Å². The highest BCUT2D eigenvalue weighted by molar-refractivity contribution is 9.10. The third-order valence-electron chi connectivity index (χ3n) is 2.48. The van der Waals surface area contributed by atoms with E-state index < -0.39 is 0 Å². The summed E-state index contributed by atoms with van der Waals surface area (Å²) in [4.78, 5) is 2.64. The summed E-state index contributed by atoms with van der Waals surface area (Å²) in [5, 5.41) is 2.48. The minimum atomic E-state index is 0.351. The Hall–Kier alpha value is -0.290. The van der Waals surface area contributed by atoms with E-state index in [1.807, 2.05) is 17.8 Å². The summed E-state index contributed by atoms with van der Waals surface area (Å²) >= 11 is 7.12. The van der Waals surface area contributed by atoms with Crippen molar-refractivity contribution in [3.63, 3.8) is 0 Å². The maximum atomic E-state index is 5.89. The first-order chi connectivity index (χ1) is 8.20. The molecule has 0 aliphatic carbocycles. The standard InChI is InChI=1S/C13H14BrNS2/c1-9-5-6-16-13(9)12(8-15)17-11-4-2-3-10(14)7-11/h2-7,12H,8,15H2,1H3. The monoisotopic (exact) mass is 327 g/mol. The molecule has 2 aromatic rings. The lowest BCUT2D eigenvalue weighted by Crippen LogP contribution is -2.08. The number of hydrogen-bond donors (Lipinski definition) is 1. The van der Waals surface area contributed by atoms with Crippen LogP contribution in [0.5, 0.6) is 0 Å². The van der Waals surface area contributed by atoms with Gasteiger partial charge in [0.05, 0.1) is 5.25 Å². The Balaban J connectivity index is 2.19. The number of thioether (sulfide) groups is 1. The number of halogens is 1. The summed E-state index contributed by atoms with van der Waals surface area (Å²) in [6.45, 7) is 2.81. The van der Waals surface area contributed by atoms with Crippen LogP contribution in [0.15, 0.2) is 45.1 Å². The fourth-order valence-corrected chi connectivity index (χ4v) is 4.48. The molecule has 2 rings (SSSR count). The zero-order chi connectivity index (χ0) is 12.3. The molecule has 0 spiro atoms. The maximum absolute atomic E-state index is 5.89. The minimum absolute atomic E-state index is 0.351. The summed E-state index contributed by atoms with van der Waals surface area (Å²) in [5.41, 5.74) is 7.23. The van der Waals surface area contributed by atoms with Gasteiger partial charge in [0.25, 0.3) is 0 Å². The van der Waals surface area contributed by atoms with Crippen LogP contribution in [0.25, 0.3) is 0 Å². The highest BCUT2D eigenvalue weighted by Gasteiger charge is 2.15. The molecule has 4 heteroatoms. The van der Waals surface area contributed by atoms with E-state index in [2.05, 4.69) is 52.5 Å². The van der Waals surface area contributed by atoms with E-state index in [-0.39, 0.29) is 0 Å². The first-order valence-corrected chi connectivity index (χ1v) is 7.92. The summed E-state index contributed by atoms with van der Waals surface area (Å²) in [5.74, 6) is 0. The average molecular weight is 328 g/mol. The molecule has 1 aromatic heterocycles. The second-order valence-corrected chi connectivity index (χ2v) is 6.91. The number of aryl methyl sites for hydroxylation is 1. The highest BCUT2D eigenvalue weighted by Crippen LogP contribution is 2.38. The number of rotatable bonds is 4. The van der Waals surface area contributed by atoms with Crippen molar-refractivity contribution in [2.45, 2.75) is 17.1 Å². The predicted octanol–water partition coefficient (Wildman–Crippen LogP) is 4.61. The van der Waals surface area contributed by atoms with Crippen molar-refractivity contribution >= 4 is 39.0 Å². The average Bonchev–Trinajstić information content (AvgIpc) is 2.72. The molecule has 1 atom stereocenters. The van der Waals surface area contributed by atoms with Crippen LogP contribution in [-0.2, 0) is 0 Å². The van der Waals surface area contributed by atoms with E-state index >= 15 is 0 Å². The predicted molar refractivity (Wildman–Crippen MR) is 80.9 cm³/mol. The van der Waals surface area contributed by atoms with Gasteiger partial charge in [-0.15, -0.1) is 23.1 Å². The molecule has 0 radical (unpaired) electrons. The van der Waals surface area contributed by atoms with E-state index in [0.717, 1.165) is 4.47 Å². The molecule has 0 saturated heterocycles. The molecule has 1 nitrogen and oxygen atoms in total. The summed E-state index contributed by atoms with van der Waals surface area (Å²) in [7, 11) is 0. The van der Waals surface area contributed by atoms with Crippen molar-refractivity contribution in [1.29, 1.82) is 0 Å². The minimum Gasteiger partial charge on any atom is -0.329 e. The van der Waals surface area contributed by atoms with Crippen LogP contribution in [0, 0.1) is 6.92 Å². The number of benzene rings is 1. The first kappa shape index (κ1) is 13.1. The second-order valence-electron chi connectivity index (χ2n) is 3.77. The molecule has 1 aromatic carbocycles. The Labute approximate surface area is 119 Å². The zero-order valence-electron chi connectivity index (χ0n) is 9.52. The smallest absolute Gasteiger partial charge is 0.0563 e. The van der Waals surface area contributed by atoms with Gasteiger partial charge in [-0.2, -0.15) is 0 Å². The number of nitrogens with two attached hydrogens (primary N) is 1. The van der Waals surface area contributed by atoms with Crippen molar-refractivity contribution in [3.05, 3.63) is 50.6 Å². The zero-order valence-corrected chi connectivity index (χ0v) is 12.7. The van der Waals surface area contributed by atoms with Gasteiger partial charge >= 0.3 is 0 Å². The van der Waals surface area contributed by atoms with Gasteiger partial charge in [0.1, 0.15) is 0 Å². The molecular weight excluding hydrogens is 314 g/mol. The summed E-state index contributed by atoms with van der Waals surface area (Å²) in [6.07, 6.45) is 0. The molecule has 0 saturated carbocycles. The fourth-order valence-electron chi connectivity index (χ4n) is 1.63. The Morgan fingerprint density at radius 1 is 1.41 bits per heavy atom. The molecular formula is C13H14BrNS2. The number of thiophene rings is 1. The van der Waals surface area contributed by atoms with Crippen LogP contribution in [0.2, 0.25) is 0 Å². The van der Waals surface area contributed by atoms with Gasteiger partial charge < -0.3 is 5.73 Å². The van der Waals surface area contributed by atoms with E-state index in [9.17, 15) is 0 Å². The second kappa shape index (κ2) is 6.05. The van der Waals surface area contributed by atoms with Crippen molar-refractivity contribution in [2.75, 3.05) is 6.54 Å². The lowest BCUT2D eigenvalue weighted by Gasteiger charge is -2.14. The Bertz CT molecular complexity index is 496. The molecule has 17 heavy (non-hydrogen) atoms. The molecule has 0 aliphatic rings. The highest BCUT2D eigenvalue weighted by atomic mass is 79.9. The van der Waals surface area contributed by atoms with Gasteiger partial charge in [0.15, 0.2) is 0 Å². The Morgan fingerprint density at radius 2 is 2.24 bits per heavy atom. The van der Waals surface area contributed by atoms with Gasteiger partial charge in [0, 0.05) is 20.8 Å². The third-order valence-corrected chi connectivity index (χ3v) is 5.50. The van der Waals surface area contributed by atoms with Crippen LogP contribution in [0.4, 0.5) is 0 Å². The lowest BCUT2D eigenvalue weighted by molar-refractivity contribution is 0.952. The van der Waals surface area contributed by atoms with Crippen molar-refractivity contribution < 1.29 is 0 Å². The van der Waals surface area contributed by atoms with Crippen molar-refractivity contribution in [2.24, 2.45) is 5.73 Å². The van der Waals surface area contributed by atoms with E-state index in [4.69, 9.17) is 5.73 Å². The van der Waals surface area contributed by atoms with Crippen molar-refractivity contribution in [3.8, 4) is 0 Å². The SMILES string of the molecule is Cc1ccsc1C(CN)Sc1cccc(Br)c1. The largest absolute Gasteiger partial charge is 0.329 e. The lowest BCUT2D eigenvalue weighted by atomic mass is 10.2. The summed E-state index contributed by atoms with van der Waals surface area (Å²) < 4.78 is 1.11.